The van der Waals surface area contributed by atoms with Gasteiger partial charge in [0.2, 0.25) is 5.91 Å². The molecule has 2 atom stereocenters. The van der Waals surface area contributed by atoms with E-state index in [-0.39, 0.29) is 23.8 Å². The van der Waals surface area contributed by atoms with E-state index < -0.39 is 0 Å². The van der Waals surface area contributed by atoms with Gasteiger partial charge in [-0.1, -0.05) is 12.1 Å². The minimum absolute atomic E-state index is 0.00464. The summed E-state index contributed by atoms with van der Waals surface area (Å²) in [4.78, 5) is 25.9. The van der Waals surface area contributed by atoms with E-state index in [1.165, 1.54) is 12.5 Å². The Kier molecular flexibility index (Phi) is 4.78. The molecule has 1 aromatic rings. The number of likely N-dealkylation sites (tertiary alicyclic amines) is 1. The van der Waals surface area contributed by atoms with Crippen molar-refractivity contribution in [3.05, 3.63) is 34.9 Å². The molecule has 1 amide bonds. The number of Topliss-reactive ketones (excluding diaryl/α,β-unsaturated/α-hetero) is 1. The van der Waals surface area contributed by atoms with Crippen molar-refractivity contribution in [1.29, 1.82) is 0 Å². The van der Waals surface area contributed by atoms with Crippen LogP contribution in [0.4, 0.5) is 0 Å². The summed E-state index contributed by atoms with van der Waals surface area (Å²) in [5.74, 6) is 0.150. The molecular formula is C17H24N2O2. The first kappa shape index (κ1) is 15.7. The van der Waals surface area contributed by atoms with Crippen molar-refractivity contribution in [3.8, 4) is 0 Å². The van der Waals surface area contributed by atoms with Gasteiger partial charge in [0.1, 0.15) is 0 Å². The van der Waals surface area contributed by atoms with Crippen LogP contribution < -0.4 is 5.32 Å². The summed E-state index contributed by atoms with van der Waals surface area (Å²) in [5, 5.41) is 2.93. The average Bonchev–Trinajstić information content (AvgIpc) is 2.87. The smallest absolute Gasteiger partial charge is 0.217 e. The molecule has 2 unspecified atom stereocenters. The topological polar surface area (TPSA) is 49.4 Å². The van der Waals surface area contributed by atoms with Gasteiger partial charge in [0, 0.05) is 31.6 Å². The van der Waals surface area contributed by atoms with E-state index >= 15 is 0 Å². The zero-order valence-electron chi connectivity index (χ0n) is 13.3. The Morgan fingerprint density at radius 1 is 1.29 bits per heavy atom. The fourth-order valence-corrected chi connectivity index (χ4v) is 2.85. The first-order valence-electron chi connectivity index (χ1n) is 7.51. The maximum atomic E-state index is 12.6. The monoisotopic (exact) mass is 288 g/mol. The van der Waals surface area contributed by atoms with E-state index in [0.717, 1.165) is 30.6 Å². The van der Waals surface area contributed by atoms with Crippen molar-refractivity contribution in [2.45, 2.75) is 46.2 Å². The number of hydrogen-bond donors (Lipinski definition) is 1. The maximum Gasteiger partial charge on any atom is 0.217 e. The Morgan fingerprint density at radius 3 is 2.62 bits per heavy atom. The molecule has 1 N–H and O–H groups in total. The van der Waals surface area contributed by atoms with Gasteiger partial charge in [0.05, 0.1) is 6.04 Å². The lowest BCUT2D eigenvalue weighted by Crippen LogP contribution is -2.41. The van der Waals surface area contributed by atoms with Crippen molar-refractivity contribution >= 4 is 11.7 Å². The van der Waals surface area contributed by atoms with E-state index in [1.807, 2.05) is 39.0 Å². The fourth-order valence-electron chi connectivity index (χ4n) is 2.85. The predicted octanol–water partition coefficient (Wildman–Crippen LogP) is 2.09. The number of carbonyl (C=O) groups is 2. The van der Waals surface area contributed by atoms with Crippen LogP contribution >= 0.6 is 0 Å². The highest BCUT2D eigenvalue weighted by Gasteiger charge is 2.30. The van der Waals surface area contributed by atoms with Crippen molar-refractivity contribution in [1.82, 2.24) is 10.2 Å². The molecule has 1 aliphatic rings. The number of nitrogens with zero attached hydrogens (tertiary/aromatic N) is 1. The van der Waals surface area contributed by atoms with Gasteiger partial charge >= 0.3 is 0 Å². The van der Waals surface area contributed by atoms with Crippen molar-refractivity contribution in [3.63, 3.8) is 0 Å². The third-order valence-corrected chi connectivity index (χ3v) is 4.35. The first-order chi connectivity index (χ1) is 9.88. The summed E-state index contributed by atoms with van der Waals surface area (Å²) in [6, 6.07) is 5.89. The second kappa shape index (κ2) is 6.39. The molecule has 1 heterocycles. The van der Waals surface area contributed by atoms with Crippen LogP contribution in [-0.2, 0) is 4.79 Å². The highest BCUT2D eigenvalue weighted by atomic mass is 16.1. The van der Waals surface area contributed by atoms with E-state index in [2.05, 4.69) is 10.2 Å². The molecule has 2 rings (SSSR count). The van der Waals surface area contributed by atoms with Crippen LogP contribution in [0.25, 0.3) is 0 Å². The summed E-state index contributed by atoms with van der Waals surface area (Å²) in [7, 11) is 0. The van der Waals surface area contributed by atoms with Gasteiger partial charge in [-0.2, -0.15) is 0 Å². The first-order valence-corrected chi connectivity index (χ1v) is 7.51. The SMILES string of the molecule is CC(=O)NC1CCN(C(C)C(=O)c2ccc(C)c(C)c2)C1. The number of amides is 1. The van der Waals surface area contributed by atoms with Crippen LogP contribution in [-0.4, -0.2) is 41.8 Å². The van der Waals surface area contributed by atoms with Crippen LogP contribution in [0.15, 0.2) is 18.2 Å². The van der Waals surface area contributed by atoms with E-state index in [1.54, 1.807) is 0 Å². The molecular weight excluding hydrogens is 264 g/mol. The minimum Gasteiger partial charge on any atom is -0.352 e. The Morgan fingerprint density at radius 2 is 2.00 bits per heavy atom. The van der Waals surface area contributed by atoms with Gasteiger partial charge in [-0.3, -0.25) is 14.5 Å². The van der Waals surface area contributed by atoms with Crippen molar-refractivity contribution in [2.24, 2.45) is 0 Å². The van der Waals surface area contributed by atoms with Crippen molar-refractivity contribution in [2.75, 3.05) is 13.1 Å². The van der Waals surface area contributed by atoms with E-state index in [0.29, 0.717) is 0 Å². The van der Waals surface area contributed by atoms with Gasteiger partial charge in [-0.15, -0.1) is 0 Å². The third kappa shape index (κ3) is 3.70. The number of hydrogen-bond acceptors (Lipinski definition) is 3. The lowest BCUT2D eigenvalue weighted by atomic mass is 10.00. The third-order valence-electron chi connectivity index (χ3n) is 4.35. The standard InChI is InChI=1S/C17H24N2O2/c1-11-5-6-15(9-12(11)2)17(21)13(3)19-8-7-16(10-19)18-14(4)20/h5-6,9,13,16H,7-8,10H2,1-4H3,(H,18,20). The molecule has 0 radical (unpaired) electrons. The van der Waals surface area contributed by atoms with Crippen LogP contribution in [0.5, 0.6) is 0 Å². The molecule has 21 heavy (non-hydrogen) atoms. The van der Waals surface area contributed by atoms with Crippen LogP contribution in [0.1, 0.15) is 41.8 Å². The number of benzene rings is 1. The summed E-state index contributed by atoms with van der Waals surface area (Å²) >= 11 is 0. The van der Waals surface area contributed by atoms with Gasteiger partial charge in [-0.25, -0.2) is 0 Å². The Labute approximate surface area is 126 Å². The summed E-state index contributed by atoms with van der Waals surface area (Å²) < 4.78 is 0. The lowest BCUT2D eigenvalue weighted by molar-refractivity contribution is -0.119. The molecule has 1 aliphatic heterocycles. The van der Waals surface area contributed by atoms with Crippen molar-refractivity contribution < 1.29 is 9.59 Å². The largest absolute Gasteiger partial charge is 0.352 e. The Hall–Kier alpha value is -1.68. The highest BCUT2D eigenvalue weighted by molar-refractivity contribution is 6.00. The van der Waals surface area contributed by atoms with E-state index in [9.17, 15) is 9.59 Å². The highest BCUT2D eigenvalue weighted by Crippen LogP contribution is 2.18. The van der Waals surface area contributed by atoms with Crippen LogP contribution in [0, 0.1) is 13.8 Å². The normalized spacial score (nSPS) is 20.3. The number of rotatable bonds is 4. The quantitative estimate of drug-likeness (QED) is 0.863. The Balaban J connectivity index is 2.03. The zero-order chi connectivity index (χ0) is 15.6. The molecule has 1 fully saturated rings. The second-order valence-corrected chi connectivity index (χ2v) is 6.02. The average molecular weight is 288 g/mol. The van der Waals surface area contributed by atoms with E-state index in [4.69, 9.17) is 0 Å². The summed E-state index contributed by atoms with van der Waals surface area (Å²) in [6.07, 6.45) is 0.907. The zero-order valence-corrected chi connectivity index (χ0v) is 13.3. The van der Waals surface area contributed by atoms with Gasteiger partial charge in [-0.05, 0) is 44.4 Å². The molecule has 0 saturated carbocycles. The fraction of sp³-hybridized carbons (Fsp3) is 0.529. The molecule has 4 heteroatoms. The van der Waals surface area contributed by atoms with Crippen LogP contribution in [0.3, 0.4) is 0 Å². The molecule has 0 spiro atoms. The second-order valence-electron chi connectivity index (χ2n) is 6.02. The summed E-state index contributed by atoms with van der Waals surface area (Å²) in [5.41, 5.74) is 3.12. The molecule has 4 nitrogen and oxygen atoms in total. The Bertz CT molecular complexity index is 554. The number of aryl methyl sites for hydroxylation is 2. The molecule has 114 valence electrons. The predicted molar refractivity (Wildman–Crippen MR) is 83.5 cm³/mol. The molecule has 0 aromatic heterocycles. The van der Waals surface area contributed by atoms with Gasteiger partial charge < -0.3 is 5.32 Å². The van der Waals surface area contributed by atoms with Gasteiger partial charge in [0.15, 0.2) is 5.78 Å². The molecule has 1 saturated heterocycles. The van der Waals surface area contributed by atoms with Gasteiger partial charge in [0.25, 0.3) is 0 Å². The molecule has 0 bridgehead atoms. The van der Waals surface area contributed by atoms with Crippen LogP contribution in [0.2, 0.25) is 0 Å². The minimum atomic E-state index is -0.147. The number of nitrogens with one attached hydrogen (secondary N) is 1. The molecule has 0 aliphatic carbocycles. The number of carbonyl (C=O) groups excluding carboxylic acids is 2. The lowest BCUT2D eigenvalue weighted by Gasteiger charge is -2.23. The number of ketones is 1. The summed E-state index contributed by atoms with van der Waals surface area (Å²) in [6.45, 7) is 9.16. The molecule has 1 aromatic carbocycles. The maximum absolute atomic E-state index is 12.6.